The van der Waals surface area contributed by atoms with Crippen molar-refractivity contribution in [3.8, 4) is 0 Å². The molecule has 2 aliphatic rings. The van der Waals surface area contributed by atoms with E-state index in [0.29, 0.717) is 17.1 Å². The molecule has 1 atom stereocenters. The van der Waals surface area contributed by atoms with Gasteiger partial charge in [-0.05, 0) is 31.0 Å². The molecule has 2 aromatic rings. The Labute approximate surface area is 161 Å². The molecule has 0 aromatic heterocycles. The second kappa shape index (κ2) is 6.39. The van der Waals surface area contributed by atoms with E-state index < -0.39 is 17.5 Å². The van der Waals surface area contributed by atoms with Gasteiger partial charge in [-0.15, -0.1) is 0 Å². The maximum atomic E-state index is 13.0. The number of amides is 4. The summed E-state index contributed by atoms with van der Waals surface area (Å²) in [5.74, 6) is -0.770. The number of nitrogens with one attached hydrogen (secondary N) is 1. The molecule has 0 spiro atoms. The van der Waals surface area contributed by atoms with Gasteiger partial charge in [0.1, 0.15) is 12.1 Å². The number of fused-ring (bicyclic) bond motifs is 1. The van der Waals surface area contributed by atoms with Crippen LogP contribution < -0.4 is 10.2 Å². The molecule has 0 bridgehead atoms. The smallest absolute Gasteiger partial charge is 0.319 e. The van der Waals surface area contributed by atoms with Crippen molar-refractivity contribution < 1.29 is 14.4 Å². The van der Waals surface area contributed by atoms with Gasteiger partial charge in [-0.3, -0.25) is 14.5 Å². The second-order valence-corrected chi connectivity index (χ2v) is 7.26. The maximum absolute atomic E-state index is 13.0. The Morgan fingerprint density at radius 2 is 1.85 bits per heavy atom. The summed E-state index contributed by atoms with van der Waals surface area (Å²) in [5.41, 5.74) is 1.14. The molecular formula is C20H18ClN3O3. The summed E-state index contributed by atoms with van der Waals surface area (Å²) >= 11 is 6.22. The predicted molar refractivity (Wildman–Crippen MR) is 102 cm³/mol. The fourth-order valence-corrected chi connectivity index (χ4v) is 4.03. The van der Waals surface area contributed by atoms with Gasteiger partial charge in [0.05, 0.1) is 0 Å². The molecule has 1 saturated heterocycles. The van der Waals surface area contributed by atoms with Gasteiger partial charge in [0.2, 0.25) is 5.91 Å². The van der Waals surface area contributed by atoms with Crippen LogP contribution in [0.25, 0.3) is 0 Å². The second-order valence-electron chi connectivity index (χ2n) is 6.85. The molecule has 0 unspecified atom stereocenters. The summed E-state index contributed by atoms with van der Waals surface area (Å²) in [6.45, 7) is 1.84. The third-order valence-corrected chi connectivity index (χ3v) is 5.50. The standard InChI is InChI=1S/C20H18ClN3O3/c1-20(14-7-3-4-8-15(14)21)18(26)24(19(27)22-20)12-17(25)23-11-10-13-6-2-5-9-16(13)23/h2-9H,10-12H2,1H3,(H,22,27)/t20-/m0/s1. The van der Waals surface area contributed by atoms with Crippen molar-refractivity contribution >= 4 is 35.1 Å². The van der Waals surface area contributed by atoms with Crippen molar-refractivity contribution in [3.05, 3.63) is 64.7 Å². The Morgan fingerprint density at radius 3 is 2.63 bits per heavy atom. The zero-order chi connectivity index (χ0) is 19.2. The van der Waals surface area contributed by atoms with E-state index in [-0.39, 0.29) is 12.5 Å². The predicted octanol–water partition coefficient (Wildman–Crippen LogP) is 2.70. The monoisotopic (exact) mass is 383 g/mol. The molecule has 0 aliphatic carbocycles. The summed E-state index contributed by atoms with van der Waals surface area (Å²) in [4.78, 5) is 40.8. The number of anilines is 1. The maximum Gasteiger partial charge on any atom is 0.325 e. The third kappa shape index (κ3) is 2.77. The molecule has 4 amide bonds. The lowest BCUT2D eigenvalue weighted by molar-refractivity contribution is -0.134. The largest absolute Gasteiger partial charge is 0.325 e. The summed E-state index contributed by atoms with van der Waals surface area (Å²) in [6.07, 6.45) is 0.763. The molecule has 138 valence electrons. The van der Waals surface area contributed by atoms with E-state index in [2.05, 4.69) is 5.32 Å². The van der Waals surface area contributed by atoms with Crippen molar-refractivity contribution in [2.24, 2.45) is 0 Å². The van der Waals surface area contributed by atoms with Gasteiger partial charge >= 0.3 is 6.03 Å². The number of carbonyl (C=O) groups is 3. The fraction of sp³-hybridized carbons (Fsp3) is 0.250. The Balaban J connectivity index is 1.57. The van der Waals surface area contributed by atoms with E-state index in [1.165, 1.54) is 0 Å². The molecule has 2 heterocycles. The quantitative estimate of drug-likeness (QED) is 0.828. The number of hydrogen-bond acceptors (Lipinski definition) is 3. The van der Waals surface area contributed by atoms with Crippen molar-refractivity contribution in [1.82, 2.24) is 10.2 Å². The van der Waals surface area contributed by atoms with Crippen LogP contribution in [0.2, 0.25) is 5.02 Å². The molecule has 1 N–H and O–H groups in total. The number of carbonyl (C=O) groups excluding carboxylic acids is 3. The van der Waals surface area contributed by atoms with E-state index in [1.54, 1.807) is 36.1 Å². The summed E-state index contributed by atoms with van der Waals surface area (Å²) in [6, 6.07) is 13.9. The van der Waals surface area contributed by atoms with E-state index in [9.17, 15) is 14.4 Å². The van der Waals surface area contributed by atoms with E-state index >= 15 is 0 Å². The highest BCUT2D eigenvalue weighted by molar-refractivity contribution is 6.32. The van der Waals surface area contributed by atoms with Crippen LogP contribution in [-0.4, -0.2) is 35.8 Å². The summed E-state index contributed by atoms with van der Waals surface area (Å²) in [5, 5.41) is 3.07. The van der Waals surface area contributed by atoms with Crippen LogP contribution in [0.1, 0.15) is 18.1 Å². The zero-order valence-electron chi connectivity index (χ0n) is 14.7. The number of benzene rings is 2. The molecular weight excluding hydrogens is 366 g/mol. The fourth-order valence-electron chi connectivity index (χ4n) is 3.71. The van der Waals surface area contributed by atoms with E-state index in [0.717, 1.165) is 22.6 Å². The van der Waals surface area contributed by atoms with Crippen LogP contribution in [0.4, 0.5) is 10.5 Å². The van der Waals surface area contributed by atoms with Crippen LogP contribution >= 0.6 is 11.6 Å². The first-order valence-corrected chi connectivity index (χ1v) is 9.07. The molecule has 1 fully saturated rings. The van der Waals surface area contributed by atoms with Crippen LogP contribution in [0, 0.1) is 0 Å². The van der Waals surface area contributed by atoms with E-state index in [4.69, 9.17) is 11.6 Å². The van der Waals surface area contributed by atoms with Gasteiger partial charge in [-0.25, -0.2) is 4.79 Å². The number of para-hydroxylation sites is 1. The van der Waals surface area contributed by atoms with Gasteiger partial charge in [0.25, 0.3) is 5.91 Å². The first-order valence-electron chi connectivity index (χ1n) is 8.69. The lowest BCUT2D eigenvalue weighted by Gasteiger charge is -2.24. The highest BCUT2D eigenvalue weighted by atomic mass is 35.5. The minimum Gasteiger partial charge on any atom is -0.319 e. The first kappa shape index (κ1) is 17.5. The number of hydrogen-bond donors (Lipinski definition) is 1. The van der Waals surface area contributed by atoms with Gasteiger partial charge < -0.3 is 10.2 Å². The van der Waals surface area contributed by atoms with Gasteiger partial charge in [0, 0.05) is 22.8 Å². The summed E-state index contributed by atoms with van der Waals surface area (Å²) < 4.78 is 0. The van der Waals surface area contributed by atoms with E-state index in [1.807, 2.05) is 24.3 Å². The minimum atomic E-state index is -1.29. The first-order chi connectivity index (χ1) is 12.9. The number of imide groups is 1. The minimum absolute atomic E-state index is 0.285. The Kier molecular flexibility index (Phi) is 4.15. The molecule has 0 radical (unpaired) electrons. The third-order valence-electron chi connectivity index (χ3n) is 5.17. The number of nitrogens with zero attached hydrogens (tertiary/aromatic N) is 2. The number of rotatable bonds is 3. The van der Waals surface area contributed by atoms with Crippen LogP contribution in [-0.2, 0) is 21.5 Å². The Morgan fingerprint density at radius 1 is 1.15 bits per heavy atom. The molecule has 4 rings (SSSR count). The highest BCUT2D eigenvalue weighted by Gasteiger charge is 2.50. The highest BCUT2D eigenvalue weighted by Crippen LogP contribution is 2.34. The van der Waals surface area contributed by atoms with Crippen LogP contribution in [0.5, 0.6) is 0 Å². The lowest BCUT2D eigenvalue weighted by atomic mass is 9.92. The van der Waals surface area contributed by atoms with Crippen molar-refractivity contribution in [3.63, 3.8) is 0 Å². The Bertz CT molecular complexity index is 961. The normalized spacial score (nSPS) is 21.4. The lowest BCUT2D eigenvalue weighted by Crippen LogP contribution is -2.44. The van der Waals surface area contributed by atoms with Crippen molar-refractivity contribution in [2.75, 3.05) is 18.0 Å². The molecule has 2 aromatic carbocycles. The topological polar surface area (TPSA) is 69.7 Å². The van der Waals surface area contributed by atoms with Gasteiger partial charge in [-0.2, -0.15) is 0 Å². The average Bonchev–Trinajstić information content (AvgIpc) is 3.17. The molecule has 2 aliphatic heterocycles. The molecule has 0 saturated carbocycles. The van der Waals surface area contributed by atoms with Gasteiger partial charge in [0.15, 0.2) is 0 Å². The SMILES string of the molecule is C[C@@]1(c2ccccc2Cl)NC(=O)N(CC(=O)N2CCc3ccccc32)C1=O. The molecule has 27 heavy (non-hydrogen) atoms. The van der Waals surface area contributed by atoms with Crippen molar-refractivity contribution in [2.45, 2.75) is 18.9 Å². The van der Waals surface area contributed by atoms with Gasteiger partial charge in [-0.1, -0.05) is 48.0 Å². The Hall–Kier alpha value is -2.86. The van der Waals surface area contributed by atoms with Crippen LogP contribution in [0.3, 0.4) is 0 Å². The summed E-state index contributed by atoms with van der Waals surface area (Å²) in [7, 11) is 0. The zero-order valence-corrected chi connectivity index (χ0v) is 15.5. The molecule has 6 nitrogen and oxygen atoms in total. The van der Waals surface area contributed by atoms with Crippen molar-refractivity contribution in [1.29, 1.82) is 0 Å². The van der Waals surface area contributed by atoms with Crippen LogP contribution in [0.15, 0.2) is 48.5 Å². The molecule has 7 heteroatoms. The number of halogens is 1. The number of urea groups is 1. The average molecular weight is 384 g/mol.